The molecule has 0 bridgehead atoms. The first-order valence-corrected chi connectivity index (χ1v) is 8.99. The van der Waals surface area contributed by atoms with Crippen LogP contribution in [0.3, 0.4) is 0 Å². The third-order valence-corrected chi connectivity index (χ3v) is 5.24. The van der Waals surface area contributed by atoms with Crippen LogP contribution in [0.1, 0.15) is 43.7 Å². The fourth-order valence-corrected chi connectivity index (χ4v) is 3.43. The highest BCUT2D eigenvalue weighted by molar-refractivity contribution is 5.40. The van der Waals surface area contributed by atoms with Gasteiger partial charge in [0.15, 0.2) is 0 Å². The molecule has 24 heavy (non-hydrogen) atoms. The van der Waals surface area contributed by atoms with E-state index >= 15 is 0 Å². The molecule has 5 heteroatoms. The van der Waals surface area contributed by atoms with Crippen molar-refractivity contribution < 1.29 is 4.74 Å². The topological polar surface area (TPSA) is 51.1 Å². The summed E-state index contributed by atoms with van der Waals surface area (Å²) in [5.41, 5.74) is 1.23. The second-order valence-corrected chi connectivity index (χ2v) is 6.84. The van der Waals surface area contributed by atoms with Crippen LogP contribution in [0, 0.1) is 5.92 Å². The van der Waals surface area contributed by atoms with E-state index in [0.717, 1.165) is 44.2 Å². The number of aromatic nitrogens is 3. The van der Waals surface area contributed by atoms with Crippen molar-refractivity contribution in [2.24, 2.45) is 5.92 Å². The lowest BCUT2D eigenvalue weighted by Crippen LogP contribution is -2.36. The van der Waals surface area contributed by atoms with Gasteiger partial charge < -0.3 is 9.64 Å². The van der Waals surface area contributed by atoms with Crippen LogP contribution >= 0.6 is 0 Å². The number of hydrogen-bond donors (Lipinski definition) is 0. The van der Waals surface area contributed by atoms with Gasteiger partial charge in [-0.1, -0.05) is 12.5 Å². The highest BCUT2D eigenvalue weighted by atomic mass is 16.5. The molecule has 126 valence electrons. The lowest BCUT2D eigenvalue weighted by Gasteiger charge is -2.33. The van der Waals surface area contributed by atoms with Crippen LogP contribution in [0.5, 0.6) is 5.88 Å². The second-order valence-electron chi connectivity index (χ2n) is 6.84. The molecule has 1 aliphatic heterocycles. The molecule has 0 atom stereocenters. The summed E-state index contributed by atoms with van der Waals surface area (Å²) >= 11 is 0. The number of ether oxygens (including phenoxy) is 1. The monoisotopic (exact) mass is 324 g/mol. The molecule has 2 aromatic heterocycles. The summed E-state index contributed by atoms with van der Waals surface area (Å²) < 4.78 is 5.80. The molecule has 5 nitrogen and oxygen atoms in total. The number of hydrogen-bond acceptors (Lipinski definition) is 5. The fraction of sp³-hybridized carbons (Fsp3) is 0.526. The van der Waals surface area contributed by atoms with Crippen molar-refractivity contribution in [3.8, 4) is 5.88 Å². The minimum absolute atomic E-state index is 0.594. The number of nitrogens with zero attached hydrogens (tertiary/aromatic N) is 4. The Kier molecular flexibility index (Phi) is 4.58. The first-order valence-electron chi connectivity index (χ1n) is 8.99. The molecule has 1 saturated heterocycles. The van der Waals surface area contributed by atoms with Gasteiger partial charge in [-0.25, -0.2) is 15.0 Å². The van der Waals surface area contributed by atoms with E-state index in [1.165, 1.54) is 25.0 Å². The molecule has 0 spiro atoms. The lowest BCUT2D eigenvalue weighted by atomic mass is 9.83. The SMILES string of the molecule is c1ccc(OCC2CCN(c3cc(C4CCC4)ncn3)CC2)nc1. The van der Waals surface area contributed by atoms with Crippen LogP contribution in [0.25, 0.3) is 0 Å². The van der Waals surface area contributed by atoms with Crippen molar-refractivity contribution in [3.63, 3.8) is 0 Å². The molecular weight excluding hydrogens is 300 g/mol. The summed E-state index contributed by atoms with van der Waals surface area (Å²) in [5.74, 6) is 3.07. The van der Waals surface area contributed by atoms with Gasteiger partial charge in [0.05, 0.1) is 6.61 Å². The minimum atomic E-state index is 0.594. The maximum atomic E-state index is 5.80. The zero-order valence-corrected chi connectivity index (χ0v) is 14.0. The maximum absolute atomic E-state index is 5.80. The van der Waals surface area contributed by atoms with E-state index in [-0.39, 0.29) is 0 Å². The third kappa shape index (κ3) is 3.50. The molecule has 0 radical (unpaired) electrons. The Bertz CT molecular complexity index is 651. The molecule has 1 saturated carbocycles. The van der Waals surface area contributed by atoms with E-state index in [2.05, 4.69) is 25.9 Å². The Morgan fingerprint density at radius 2 is 1.92 bits per heavy atom. The summed E-state index contributed by atoms with van der Waals surface area (Å²) in [7, 11) is 0. The van der Waals surface area contributed by atoms with Gasteiger partial charge in [0.25, 0.3) is 0 Å². The van der Waals surface area contributed by atoms with Gasteiger partial charge in [-0.05, 0) is 37.7 Å². The van der Waals surface area contributed by atoms with Crippen molar-refractivity contribution >= 4 is 5.82 Å². The summed E-state index contributed by atoms with van der Waals surface area (Å²) in [6.45, 7) is 2.83. The van der Waals surface area contributed by atoms with Crippen molar-refractivity contribution in [1.82, 2.24) is 15.0 Å². The van der Waals surface area contributed by atoms with Crippen LogP contribution in [0.4, 0.5) is 5.82 Å². The van der Waals surface area contributed by atoms with Crippen molar-refractivity contribution in [3.05, 3.63) is 42.5 Å². The standard InChI is InChI=1S/C19H24N4O/c1-2-9-20-19(6-1)24-13-15-7-10-23(11-8-15)18-12-17(21-14-22-18)16-4-3-5-16/h1-2,6,9,12,14-16H,3-5,7-8,10-11,13H2. The number of piperidine rings is 1. The Balaban J connectivity index is 1.29. The molecule has 2 fully saturated rings. The van der Waals surface area contributed by atoms with E-state index in [4.69, 9.17) is 4.74 Å². The zero-order valence-electron chi connectivity index (χ0n) is 14.0. The van der Waals surface area contributed by atoms with Gasteiger partial charge in [0.2, 0.25) is 5.88 Å². The molecule has 2 aromatic rings. The molecule has 2 aliphatic rings. The smallest absolute Gasteiger partial charge is 0.213 e. The number of pyridine rings is 1. The predicted molar refractivity (Wildman–Crippen MR) is 93.3 cm³/mol. The van der Waals surface area contributed by atoms with Gasteiger partial charge in [0.1, 0.15) is 12.1 Å². The zero-order chi connectivity index (χ0) is 16.2. The van der Waals surface area contributed by atoms with E-state index in [0.29, 0.717) is 11.8 Å². The molecule has 3 heterocycles. The molecule has 1 aliphatic carbocycles. The summed E-state index contributed by atoms with van der Waals surface area (Å²) in [4.78, 5) is 15.6. The van der Waals surface area contributed by atoms with Crippen LogP contribution in [0.15, 0.2) is 36.8 Å². The highest BCUT2D eigenvalue weighted by Crippen LogP contribution is 2.36. The third-order valence-electron chi connectivity index (χ3n) is 5.24. The normalized spacial score (nSPS) is 19.1. The quantitative estimate of drug-likeness (QED) is 0.843. The summed E-state index contributed by atoms with van der Waals surface area (Å²) in [6, 6.07) is 7.98. The van der Waals surface area contributed by atoms with Crippen LogP contribution in [-0.4, -0.2) is 34.6 Å². The Hall–Kier alpha value is -2.17. The highest BCUT2D eigenvalue weighted by Gasteiger charge is 2.24. The largest absolute Gasteiger partial charge is 0.477 e. The minimum Gasteiger partial charge on any atom is -0.477 e. The Labute approximate surface area is 143 Å². The molecule has 4 rings (SSSR count). The van der Waals surface area contributed by atoms with Crippen LogP contribution in [-0.2, 0) is 0 Å². The molecule has 0 unspecified atom stereocenters. The van der Waals surface area contributed by atoms with Gasteiger partial charge in [-0.15, -0.1) is 0 Å². The molecule has 0 amide bonds. The van der Waals surface area contributed by atoms with Gasteiger partial charge in [0, 0.05) is 43.0 Å². The lowest BCUT2D eigenvalue weighted by molar-refractivity contribution is 0.216. The predicted octanol–water partition coefficient (Wildman–Crippen LogP) is 3.43. The molecule has 0 N–H and O–H groups in total. The van der Waals surface area contributed by atoms with E-state index in [1.54, 1.807) is 12.5 Å². The average molecular weight is 324 g/mol. The van der Waals surface area contributed by atoms with Gasteiger partial charge >= 0.3 is 0 Å². The van der Waals surface area contributed by atoms with Crippen molar-refractivity contribution in [1.29, 1.82) is 0 Å². The Morgan fingerprint density at radius 3 is 2.62 bits per heavy atom. The second kappa shape index (κ2) is 7.16. The van der Waals surface area contributed by atoms with Gasteiger partial charge in [-0.2, -0.15) is 0 Å². The fourth-order valence-electron chi connectivity index (χ4n) is 3.43. The first-order chi connectivity index (χ1) is 11.9. The summed E-state index contributed by atoms with van der Waals surface area (Å²) in [6.07, 6.45) is 9.68. The average Bonchev–Trinajstić information content (AvgIpc) is 2.60. The number of rotatable bonds is 5. The van der Waals surface area contributed by atoms with E-state index < -0.39 is 0 Å². The van der Waals surface area contributed by atoms with Crippen molar-refractivity contribution in [2.75, 3.05) is 24.6 Å². The Morgan fingerprint density at radius 1 is 1.04 bits per heavy atom. The van der Waals surface area contributed by atoms with Crippen LogP contribution in [0.2, 0.25) is 0 Å². The molecular formula is C19H24N4O. The van der Waals surface area contributed by atoms with Crippen molar-refractivity contribution in [2.45, 2.75) is 38.0 Å². The van der Waals surface area contributed by atoms with E-state index in [1.807, 2.05) is 18.2 Å². The maximum Gasteiger partial charge on any atom is 0.213 e. The van der Waals surface area contributed by atoms with E-state index in [9.17, 15) is 0 Å². The van der Waals surface area contributed by atoms with Gasteiger partial charge in [-0.3, -0.25) is 0 Å². The first kappa shape index (κ1) is 15.4. The number of anilines is 1. The van der Waals surface area contributed by atoms with Crippen LogP contribution < -0.4 is 9.64 Å². The summed E-state index contributed by atoms with van der Waals surface area (Å²) in [5, 5.41) is 0. The molecule has 0 aromatic carbocycles.